The lowest BCUT2D eigenvalue weighted by molar-refractivity contribution is -0.140. The number of aliphatic hydroxyl groups is 1. The summed E-state index contributed by atoms with van der Waals surface area (Å²) >= 11 is 0. The highest BCUT2D eigenvalue weighted by molar-refractivity contribution is 5.84. The van der Waals surface area contributed by atoms with Gasteiger partial charge < -0.3 is 19.5 Å². The Morgan fingerprint density at radius 3 is 2.41 bits per heavy atom. The van der Waals surface area contributed by atoms with Gasteiger partial charge in [0.2, 0.25) is 11.8 Å². The maximum Gasteiger partial charge on any atom is 0.258 e. The number of pyridine rings is 1. The minimum Gasteiger partial charge on any atom is -0.396 e. The number of nitrogens with zero attached hydrogens (tertiary/aromatic N) is 3. The molecule has 3 aliphatic heterocycles. The lowest BCUT2D eigenvalue weighted by Gasteiger charge is -2.38. The van der Waals surface area contributed by atoms with Crippen LogP contribution in [0.15, 0.2) is 47.3 Å². The molecule has 2 fully saturated rings. The van der Waals surface area contributed by atoms with Crippen molar-refractivity contribution in [3.8, 4) is 11.1 Å². The minimum absolute atomic E-state index is 0.00413. The van der Waals surface area contributed by atoms with Crippen molar-refractivity contribution in [1.29, 1.82) is 0 Å². The van der Waals surface area contributed by atoms with Crippen molar-refractivity contribution in [3.05, 3.63) is 58.5 Å². The fourth-order valence-electron chi connectivity index (χ4n) is 5.98. The molecule has 2 aromatic rings. The first-order valence-electron chi connectivity index (χ1n) is 11.5. The average Bonchev–Trinajstić information content (AvgIpc) is 3.07. The Kier molecular flexibility index (Phi) is 5.37. The summed E-state index contributed by atoms with van der Waals surface area (Å²) in [4.78, 5) is 43.4. The van der Waals surface area contributed by atoms with Crippen LogP contribution in [-0.4, -0.2) is 57.0 Å². The van der Waals surface area contributed by atoms with Crippen LogP contribution in [0.4, 0.5) is 0 Å². The number of hydrogen-bond donors (Lipinski definition) is 1. The Labute approximate surface area is 187 Å². The number of rotatable bonds is 3. The number of amides is 2. The Morgan fingerprint density at radius 2 is 1.75 bits per heavy atom. The summed E-state index contributed by atoms with van der Waals surface area (Å²) in [5.74, 6) is -1.06. The van der Waals surface area contributed by atoms with Crippen molar-refractivity contribution >= 4 is 11.8 Å². The van der Waals surface area contributed by atoms with Crippen LogP contribution in [0.1, 0.15) is 37.9 Å². The van der Waals surface area contributed by atoms with E-state index >= 15 is 0 Å². The molecule has 4 atom stereocenters. The Hall–Kier alpha value is -2.93. The third-order valence-electron chi connectivity index (χ3n) is 7.45. The number of aromatic nitrogens is 1. The summed E-state index contributed by atoms with van der Waals surface area (Å²) in [6.45, 7) is 3.03. The Morgan fingerprint density at radius 1 is 1.03 bits per heavy atom. The molecule has 0 saturated carbocycles. The minimum atomic E-state index is -0.539. The van der Waals surface area contributed by atoms with E-state index in [9.17, 15) is 19.5 Å². The number of piperidine rings is 1. The van der Waals surface area contributed by atoms with Crippen LogP contribution in [0.2, 0.25) is 0 Å². The molecule has 4 heterocycles. The van der Waals surface area contributed by atoms with Crippen LogP contribution in [0.3, 0.4) is 0 Å². The molecule has 5 rings (SSSR count). The third-order valence-corrected chi connectivity index (χ3v) is 7.45. The Balaban J connectivity index is 1.62. The quantitative estimate of drug-likeness (QED) is 0.800. The van der Waals surface area contributed by atoms with E-state index in [2.05, 4.69) is 0 Å². The molecular weight excluding hydrogens is 406 g/mol. The van der Waals surface area contributed by atoms with Crippen molar-refractivity contribution in [3.63, 3.8) is 0 Å². The van der Waals surface area contributed by atoms with Gasteiger partial charge in [0.15, 0.2) is 0 Å². The molecule has 0 unspecified atom stereocenters. The monoisotopic (exact) mass is 435 g/mol. The number of likely N-dealkylation sites (tertiary alicyclic amines) is 1. The first-order chi connectivity index (χ1) is 15.5. The predicted octanol–water partition coefficient (Wildman–Crippen LogP) is 2.04. The Bertz CT molecular complexity index is 1090. The van der Waals surface area contributed by atoms with Gasteiger partial charge in [-0.15, -0.1) is 0 Å². The second-order valence-electron chi connectivity index (χ2n) is 9.15. The number of hydrogen-bond acceptors (Lipinski definition) is 4. The largest absolute Gasteiger partial charge is 0.396 e. The first kappa shape index (κ1) is 20.9. The molecule has 1 N–H and O–H groups in total. The SMILES string of the molecule is CC(=O)N1[C@@H]2Cn3c(ccc(-c4ccccc4)c3=O)[C@H]1[C@@H](C(=O)N1CCCCC1)[C@@H]2CO. The maximum atomic E-state index is 13.7. The van der Waals surface area contributed by atoms with E-state index < -0.39 is 17.9 Å². The van der Waals surface area contributed by atoms with Gasteiger partial charge in [-0.25, -0.2) is 0 Å². The molecule has 0 radical (unpaired) electrons. The van der Waals surface area contributed by atoms with Gasteiger partial charge in [-0.05, 0) is 37.0 Å². The van der Waals surface area contributed by atoms with Gasteiger partial charge in [-0.1, -0.05) is 30.3 Å². The lowest BCUT2D eigenvalue weighted by Crippen LogP contribution is -2.48. The highest BCUT2D eigenvalue weighted by Crippen LogP contribution is 2.49. The van der Waals surface area contributed by atoms with Crippen LogP contribution in [0.5, 0.6) is 0 Å². The zero-order valence-corrected chi connectivity index (χ0v) is 18.3. The van der Waals surface area contributed by atoms with E-state index in [-0.39, 0.29) is 30.0 Å². The maximum absolute atomic E-state index is 13.7. The van der Waals surface area contributed by atoms with Crippen LogP contribution >= 0.6 is 0 Å². The van der Waals surface area contributed by atoms with Crippen LogP contribution < -0.4 is 5.56 Å². The zero-order chi connectivity index (χ0) is 22.4. The summed E-state index contributed by atoms with van der Waals surface area (Å²) in [5.41, 5.74) is 2.01. The smallest absolute Gasteiger partial charge is 0.258 e. The van der Waals surface area contributed by atoms with Gasteiger partial charge in [-0.3, -0.25) is 14.4 Å². The first-order valence-corrected chi connectivity index (χ1v) is 11.5. The van der Waals surface area contributed by atoms with E-state index in [1.807, 2.05) is 41.3 Å². The van der Waals surface area contributed by atoms with Gasteiger partial charge in [-0.2, -0.15) is 0 Å². The van der Waals surface area contributed by atoms with Gasteiger partial charge in [0.1, 0.15) is 0 Å². The van der Waals surface area contributed by atoms with Gasteiger partial charge >= 0.3 is 0 Å². The summed E-state index contributed by atoms with van der Waals surface area (Å²) in [7, 11) is 0. The van der Waals surface area contributed by atoms with E-state index in [4.69, 9.17) is 0 Å². The average molecular weight is 436 g/mol. The molecule has 2 amide bonds. The van der Waals surface area contributed by atoms with Crippen molar-refractivity contribution < 1.29 is 14.7 Å². The number of fused-ring (bicyclic) bond motifs is 4. The number of benzene rings is 1. The summed E-state index contributed by atoms with van der Waals surface area (Å²) in [5, 5.41) is 10.3. The normalized spacial score (nSPS) is 26.7. The fourth-order valence-corrected chi connectivity index (χ4v) is 5.98. The molecule has 2 bridgehead atoms. The molecule has 7 heteroatoms. The topological polar surface area (TPSA) is 82.9 Å². The van der Waals surface area contributed by atoms with E-state index in [0.29, 0.717) is 30.9 Å². The predicted molar refractivity (Wildman–Crippen MR) is 120 cm³/mol. The molecule has 168 valence electrons. The molecule has 0 spiro atoms. The molecule has 0 aliphatic carbocycles. The van der Waals surface area contributed by atoms with Crippen LogP contribution in [-0.2, 0) is 16.1 Å². The molecule has 7 nitrogen and oxygen atoms in total. The summed E-state index contributed by atoms with van der Waals surface area (Å²) in [6.07, 6.45) is 3.07. The highest BCUT2D eigenvalue weighted by atomic mass is 16.3. The van der Waals surface area contributed by atoms with E-state index in [0.717, 1.165) is 24.8 Å². The van der Waals surface area contributed by atoms with Crippen LogP contribution in [0.25, 0.3) is 11.1 Å². The van der Waals surface area contributed by atoms with Crippen LogP contribution in [0, 0.1) is 11.8 Å². The van der Waals surface area contributed by atoms with Gasteiger partial charge in [0.05, 0.1) is 18.0 Å². The molecular formula is C25H29N3O4. The second kappa shape index (κ2) is 8.20. The van der Waals surface area contributed by atoms with Crippen molar-refractivity contribution in [2.45, 2.75) is 44.8 Å². The molecule has 1 aromatic carbocycles. The zero-order valence-electron chi connectivity index (χ0n) is 18.3. The lowest BCUT2D eigenvalue weighted by atomic mass is 9.85. The van der Waals surface area contributed by atoms with Crippen molar-refractivity contribution in [1.82, 2.24) is 14.4 Å². The van der Waals surface area contributed by atoms with E-state index in [1.54, 1.807) is 15.5 Å². The number of carbonyl (C=O) groups excluding carboxylic acids is 2. The molecule has 3 aliphatic rings. The third kappa shape index (κ3) is 3.18. The van der Waals surface area contributed by atoms with Crippen molar-refractivity contribution in [2.75, 3.05) is 19.7 Å². The summed E-state index contributed by atoms with van der Waals surface area (Å²) in [6, 6.07) is 12.3. The molecule has 1 aromatic heterocycles. The number of carbonyl (C=O) groups is 2. The number of aliphatic hydroxyl groups excluding tert-OH is 1. The van der Waals surface area contributed by atoms with E-state index in [1.165, 1.54) is 6.92 Å². The highest BCUT2D eigenvalue weighted by Gasteiger charge is 2.57. The van der Waals surface area contributed by atoms with Crippen molar-refractivity contribution in [2.24, 2.45) is 11.8 Å². The standard InChI is InChI=1S/C25H29N3O4/c1-16(30)28-21-14-27-20(11-10-18(24(27)31)17-8-4-2-5-9-17)23(28)22(19(21)15-29)25(32)26-12-6-3-7-13-26/h2,4-5,8-11,19,21-23,29H,3,6-7,12-15H2,1H3/t19-,21-,22+,23+/m1/s1. The molecule has 2 saturated heterocycles. The fraction of sp³-hybridized carbons (Fsp3) is 0.480. The second-order valence-corrected chi connectivity index (χ2v) is 9.15. The van der Waals surface area contributed by atoms with Gasteiger partial charge in [0.25, 0.3) is 5.56 Å². The molecule has 32 heavy (non-hydrogen) atoms. The summed E-state index contributed by atoms with van der Waals surface area (Å²) < 4.78 is 1.73. The van der Waals surface area contributed by atoms with Gasteiger partial charge in [0, 0.05) is 50.3 Å².